The maximum Gasteiger partial charge on any atom is 0.234 e. The van der Waals surface area contributed by atoms with Crippen LogP contribution in [0.5, 0.6) is 0 Å². The summed E-state index contributed by atoms with van der Waals surface area (Å²) in [6.07, 6.45) is 0. The number of para-hydroxylation sites is 1. The third kappa shape index (κ3) is 3.20. The minimum Gasteiger partial charge on any atom is -0.321 e. The third-order valence-electron chi connectivity index (χ3n) is 4.95. The standard InChI is InChI=1S/C21H19F2N3OS/c1-13-20(14(2)26(24-13)15-7-4-3-5-8-15)21-25(19(27)12-28-21)11-16-17(22)9-6-10-18(16)23/h3-10,21H,11-12H2,1-2H3. The predicted molar refractivity (Wildman–Crippen MR) is 105 cm³/mol. The van der Waals surface area contributed by atoms with Crippen molar-refractivity contribution in [2.45, 2.75) is 25.8 Å². The molecule has 1 fully saturated rings. The lowest BCUT2D eigenvalue weighted by Crippen LogP contribution is -2.29. The van der Waals surface area contributed by atoms with Gasteiger partial charge in [-0.2, -0.15) is 5.10 Å². The van der Waals surface area contributed by atoms with Gasteiger partial charge < -0.3 is 4.90 Å². The molecule has 4 nitrogen and oxygen atoms in total. The molecule has 1 saturated heterocycles. The summed E-state index contributed by atoms with van der Waals surface area (Å²) in [5, 5.41) is 4.31. The molecule has 1 amide bonds. The maximum absolute atomic E-state index is 14.1. The number of halogens is 2. The first kappa shape index (κ1) is 18.7. The SMILES string of the molecule is Cc1nn(-c2ccccc2)c(C)c1C1SCC(=O)N1Cc1c(F)cccc1F. The van der Waals surface area contributed by atoms with Crippen LogP contribution >= 0.6 is 11.8 Å². The van der Waals surface area contributed by atoms with Crippen molar-refractivity contribution in [3.63, 3.8) is 0 Å². The van der Waals surface area contributed by atoms with E-state index in [2.05, 4.69) is 5.10 Å². The van der Waals surface area contributed by atoms with Crippen molar-refractivity contribution in [3.8, 4) is 5.69 Å². The Hall–Kier alpha value is -2.67. The van der Waals surface area contributed by atoms with Crippen molar-refractivity contribution >= 4 is 17.7 Å². The molecule has 3 aromatic rings. The van der Waals surface area contributed by atoms with Crippen molar-refractivity contribution in [3.05, 3.63) is 82.7 Å². The Morgan fingerprint density at radius 1 is 1.07 bits per heavy atom. The van der Waals surface area contributed by atoms with Gasteiger partial charge in [-0.15, -0.1) is 11.8 Å². The van der Waals surface area contributed by atoms with E-state index in [4.69, 9.17) is 0 Å². The zero-order chi connectivity index (χ0) is 19.8. The Morgan fingerprint density at radius 3 is 2.43 bits per heavy atom. The number of rotatable bonds is 4. The van der Waals surface area contributed by atoms with Gasteiger partial charge in [0.15, 0.2) is 0 Å². The number of aromatic nitrogens is 2. The summed E-state index contributed by atoms with van der Waals surface area (Å²) in [6, 6.07) is 13.5. The summed E-state index contributed by atoms with van der Waals surface area (Å²) < 4.78 is 30.1. The van der Waals surface area contributed by atoms with Gasteiger partial charge in [-0.05, 0) is 38.1 Å². The molecule has 2 aromatic carbocycles. The molecule has 2 heterocycles. The van der Waals surface area contributed by atoms with E-state index in [1.54, 1.807) is 4.90 Å². The lowest BCUT2D eigenvalue weighted by atomic mass is 10.1. The Bertz CT molecular complexity index is 1020. The van der Waals surface area contributed by atoms with Gasteiger partial charge in [-0.25, -0.2) is 13.5 Å². The van der Waals surface area contributed by atoms with Crippen molar-refractivity contribution in [1.29, 1.82) is 0 Å². The molecule has 4 rings (SSSR count). The smallest absolute Gasteiger partial charge is 0.234 e. The second-order valence-electron chi connectivity index (χ2n) is 6.72. The average Bonchev–Trinajstić information content (AvgIpc) is 3.18. The number of hydrogen-bond acceptors (Lipinski definition) is 3. The molecule has 0 aliphatic carbocycles. The van der Waals surface area contributed by atoms with Crippen LogP contribution < -0.4 is 0 Å². The van der Waals surface area contributed by atoms with Crippen LogP contribution in [0.1, 0.15) is 27.9 Å². The maximum atomic E-state index is 14.1. The van der Waals surface area contributed by atoms with E-state index in [9.17, 15) is 13.6 Å². The zero-order valence-corrected chi connectivity index (χ0v) is 16.3. The third-order valence-corrected chi connectivity index (χ3v) is 6.17. The van der Waals surface area contributed by atoms with Crippen LogP contribution in [0.3, 0.4) is 0 Å². The summed E-state index contributed by atoms with van der Waals surface area (Å²) in [4.78, 5) is 14.1. The zero-order valence-electron chi connectivity index (χ0n) is 15.5. The lowest BCUT2D eigenvalue weighted by Gasteiger charge is -2.25. The van der Waals surface area contributed by atoms with Crippen LogP contribution in [-0.4, -0.2) is 26.3 Å². The molecule has 28 heavy (non-hydrogen) atoms. The number of benzene rings is 2. The van der Waals surface area contributed by atoms with Gasteiger partial charge in [-0.3, -0.25) is 4.79 Å². The van der Waals surface area contributed by atoms with Gasteiger partial charge in [0.1, 0.15) is 17.0 Å². The molecule has 0 radical (unpaired) electrons. The topological polar surface area (TPSA) is 38.1 Å². The molecule has 0 saturated carbocycles. The summed E-state index contributed by atoms with van der Waals surface area (Å²) >= 11 is 1.46. The Morgan fingerprint density at radius 2 is 1.75 bits per heavy atom. The molecule has 1 aliphatic heterocycles. The minimum atomic E-state index is -0.642. The van der Waals surface area contributed by atoms with Crippen LogP contribution in [0.4, 0.5) is 8.78 Å². The molecular weight excluding hydrogens is 380 g/mol. The summed E-state index contributed by atoms with van der Waals surface area (Å²) in [5.74, 6) is -1.14. The van der Waals surface area contributed by atoms with Crippen molar-refractivity contribution in [2.75, 3.05) is 5.75 Å². The molecule has 144 valence electrons. The van der Waals surface area contributed by atoms with Gasteiger partial charge in [0.25, 0.3) is 0 Å². The van der Waals surface area contributed by atoms with Crippen molar-refractivity contribution in [1.82, 2.24) is 14.7 Å². The van der Waals surface area contributed by atoms with E-state index in [1.165, 1.54) is 30.0 Å². The van der Waals surface area contributed by atoms with Crippen LogP contribution in [0.2, 0.25) is 0 Å². The highest BCUT2D eigenvalue weighted by atomic mass is 32.2. The first-order valence-electron chi connectivity index (χ1n) is 8.93. The molecule has 0 bridgehead atoms. The molecule has 7 heteroatoms. The van der Waals surface area contributed by atoms with Crippen LogP contribution in [-0.2, 0) is 11.3 Å². The second kappa shape index (κ2) is 7.39. The Balaban J connectivity index is 1.72. The van der Waals surface area contributed by atoms with Gasteiger partial charge in [0, 0.05) is 16.8 Å². The normalized spacial score (nSPS) is 16.8. The van der Waals surface area contributed by atoms with Crippen molar-refractivity contribution in [2.24, 2.45) is 0 Å². The number of hydrogen-bond donors (Lipinski definition) is 0. The van der Waals surface area contributed by atoms with E-state index in [1.807, 2.05) is 48.9 Å². The summed E-state index contributed by atoms with van der Waals surface area (Å²) in [5.41, 5.74) is 3.46. The monoisotopic (exact) mass is 399 g/mol. The lowest BCUT2D eigenvalue weighted by molar-refractivity contribution is -0.128. The van der Waals surface area contributed by atoms with E-state index >= 15 is 0 Å². The predicted octanol–water partition coefficient (Wildman–Crippen LogP) is 4.54. The second-order valence-corrected chi connectivity index (χ2v) is 7.79. The van der Waals surface area contributed by atoms with Gasteiger partial charge in [-0.1, -0.05) is 24.3 Å². The van der Waals surface area contributed by atoms with E-state index in [0.29, 0.717) is 0 Å². The molecule has 0 spiro atoms. The van der Waals surface area contributed by atoms with Gasteiger partial charge in [0.2, 0.25) is 5.91 Å². The number of nitrogens with zero attached hydrogens (tertiary/aromatic N) is 3. The summed E-state index contributed by atoms with van der Waals surface area (Å²) in [6.45, 7) is 3.74. The largest absolute Gasteiger partial charge is 0.321 e. The highest BCUT2D eigenvalue weighted by Gasteiger charge is 2.37. The number of aryl methyl sites for hydroxylation is 1. The quantitative estimate of drug-likeness (QED) is 0.646. The van der Waals surface area contributed by atoms with E-state index in [0.717, 1.165) is 22.6 Å². The van der Waals surface area contributed by atoms with Crippen LogP contribution in [0.15, 0.2) is 48.5 Å². The number of amides is 1. The highest BCUT2D eigenvalue weighted by molar-refractivity contribution is 8.00. The fourth-order valence-corrected chi connectivity index (χ4v) is 4.90. The minimum absolute atomic E-state index is 0.0888. The first-order chi connectivity index (χ1) is 13.5. The molecule has 0 N–H and O–H groups in total. The van der Waals surface area contributed by atoms with E-state index < -0.39 is 11.6 Å². The summed E-state index contributed by atoms with van der Waals surface area (Å²) in [7, 11) is 0. The van der Waals surface area contributed by atoms with Crippen LogP contribution in [0.25, 0.3) is 5.69 Å². The van der Waals surface area contributed by atoms with Crippen LogP contribution in [0, 0.1) is 25.5 Å². The Kier molecular flexibility index (Phi) is 4.93. The molecule has 1 aromatic heterocycles. The number of thioether (sulfide) groups is 1. The first-order valence-corrected chi connectivity index (χ1v) is 9.97. The van der Waals surface area contributed by atoms with Crippen molar-refractivity contribution < 1.29 is 13.6 Å². The fourth-order valence-electron chi connectivity index (χ4n) is 3.55. The molecule has 1 atom stereocenters. The molecular formula is C21H19F2N3OS. The molecule has 1 aliphatic rings. The number of carbonyl (C=O) groups excluding carboxylic acids is 1. The van der Waals surface area contributed by atoms with Gasteiger partial charge >= 0.3 is 0 Å². The number of carbonyl (C=O) groups is 1. The highest BCUT2D eigenvalue weighted by Crippen LogP contribution is 2.42. The van der Waals surface area contributed by atoms with E-state index in [-0.39, 0.29) is 29.1 Å². The molecule has 1 unspecified atom stereocenters. The Labute approximate surface area is 166 Å². The van der Waals surface area contributed by atoms with Gasteiger partial charge in [0.05, 0.1) is 23.7 Å². The fraction of sp³-hybridized carbons (Fsp3) is 0.238. The average molecular weight is 399 g/mol.